The van der Waals surface area contributed by atoms with E-state index in [0.29, 0.717) is 0 Å². The van der Waals surface area contributed by atoms with E-state index in [2.05, 4.69) is 6.08 Å². The first-order valence-electron chi connectivity index (χ1n) is 7.36. The summed E-state index contributed by atoms with van der Waals surface area (Å²) in [5.74, 6) is 0. The van der Waals surface area contributed by atoms with Crippen molar-refractivity contribution in [2.24, 2.45) is 0 Å². The Hall–Kier alpha value is -1.36. The minimum absolute atomic E-state index is 0.153. The fraction of sp³-hybridized carbons (Fsp3) is 0.562. The molecule has 3 unspecified atom stereocenters. The number of fused-ring (bicyclic) bond motifs is 2. The standard InChI is InChI=1S/C16H21NO3S/c1-16(2,3)20-15(18)17-8-4-5-14(17)11-9-12-6-7-13(10-11)21(12)19/h4-5,8-9,12-13H,6-7,10H2,1-3H3. The average Bonchev–Trinajstić information content (AvgIpc) is 2.91. The van der Waals surface area contributed by atoms with E-state index in [1.165, 1.54) is 0 Å². The number of carbonyl (C=O) groups is 1. The van der Waals surface area contributed by atoms with Crippen LogP contribution in [0.1, 0.15) is 45.7 Å². The zero-order valence-electron chi connectivity index (χ0n) is 12.7. The van der Waals surface area contributed by atoms with Crippen LogP contribution in [0.5, 0.6) is 0 Å². The summed E-state index contributed by atoms with van der Waals surface area (Å²) in [6.07, 6.45) is 6.27. The molecule has 3 heterocycles. The van der Waals surface area contributed by atoms with Crippen molar-refractivity contribution in [1.82, 2.24) is 4.57 Å². The van der Waals surface area contributed by atoms with Crippen LogP contribution in [0.2, 0.25) is 0 Å². The lowest BCUT2D eigenvalue weighted by molar-refractivity contribution is 0.0536. The number of aromatic nitrogens is 1. The SMILES string of the molecule is CC(C)(C)OC(=O)n1cccc1C1=CC2CCC(C1)S2=O. The van der Waals surface area contributed by atoms with Crippen LogP contribution in [0.4, 0.5) is 4.79 Å². The van der Waals surface area contributed by atoms with Gasteiger partial charge < -0.3 is 4.74 Å². The lowest BCUT2D eigenvalue weighted by atomic mass is 10.1. The Bertz CT molecular complexity index is 624. The van der Waals surface area contributed by atoms with Crippen molar-refractivity contribution in [3.8, 4) is 0 Å². The Morgan fingerprint density at radius 2 is 2.14 bits per heavy atom. The van der Waals surface area contributed by atoms with Gasteiger partial charge in [-0.15, -0.1) is 0 Å². The molecule has 0 spiro atoms. The Labute approximate surface area is 127 Å². The third kappa shape index (κ3) is 2.84. The van der Waals surface area contributed by atoms with Gasteiger partial charge in [0.25, 0.3) is 0 Å². The minimum atomic E-state index is -0.736. The average molecular weight is 307 g/mol. The highest BCUT2D eigenvalue weighted by Gasteiger charge is 2.37. The lowest BCUT2D eigenvalue weighted by Crippen LogP contribution is -2.28. The Kier molecular flexibility index (Phi) is 3.56. The van der Waals surface area contributed by atoms with Crippen LogP contribution >= 0.6 is 0 Å². The van der Waals surface area contributed by atoms with Crippen molar-refractivity contribution in [2.75, 3.05) is 0 Å². The molecule has 114 valence electrons. The van der Waals surface area contributed by atoms with E-state index in [0.717, 1.165) is 30.5 Å². The van der Waals surface area contributed by atoms with Gasteiger partial charge in [-0.1, -0.05) is 6.08 Å². The highest BCUT2D eigenvalue weighted by Crippen LogP contribution is 2.38. The fourth-order valence-corrected chi connectivity index (χ4v) is 4.88. The van der Waals surface area contributed by atoms with Crippen LogP contribution in [-0.4, -0.2) is 31.0 Å². The van der Waals surface area contributed by atoms with Gasteiger partial charge in [-0.3, -0.25) is 8.78 Å². The molecule has 1 saturated heterocycles. The normalized spacial score (nSPS) is 28.3. The van der Waals surface area contributed by atoms with E-state index in [4.69, 9.17) is 4.74 Å². The van der Waals surface area contributed by atoms with E-state index >= 15 is 0 Å². The van der Waals surface area contributed by atoms with Crippen molar-refractivity contribution in [3.63, 3.8) is 0 Å². The van der Waals surface area contributed by atoms with E-state index in [1.54, 1.807) is 10.8 Å². The number of nitrogens with zero attached hydrogens (tertiary/aromatic N) is 1. The van der Waals surface area contributed by atoms with Gasteiger partial charge in [-0.05, 0) is 57.7 Å². The van der Waals surface area contributed by atoms with Crippen LogP contribution < -0.4 is 0 Å². The lowest BCUT2D eigenvalue weighted by Gasteiger charge is -2.23. The van der Waals surface area contributed by atoms with Crippen molar-refractivity contribution >= 4 is 22.5 Å². The molecular formula is C16H21NO3S. The number of allylic oxidation sites excluding steroid dienone is 1. The molecule has 2 bridgehead atoms. The summed E-state index contributed by atoms with van der Waals surface area (Å²) in [6.45, 7) is 5.58. The van der Waals surface area contributed by atoms with Gasteiger partial charge in [0.1, 0.15) is 5.60 Å². The van der Waals surface area contributed by atoms with Gasteiger partial charge >= 0.3 is 6.09 Å². The largest absolute Gasteiger partial charge is 0.443 e. The van der Waals surface area contributed by atoms with Crippen molar-refractivity contribution in [2.45, 2.75) is 56.1 Å². The summed E-state index contributed by atoms with van der Waals surface area (Å²) in [5, 5.41) is 0.401. The quantitative estimate of drug-likeness (QED) is 0.799. The number of hydrogen-bond acceptors (Lipinski definition) is 3. The predicted octanol–water partition coefficient (Wildman–Crippen LogP) is 3.34. The van der Waals surface area contributed by atoms with Gasteiger partial charge in [0, 0.05) is 22.2 Å². The van der Waals surface area contributed by atoms with E-state index in [9.17, 15) is 9.00 Å². The molecule has 4 nitrogen and oxygen atoms in total. The molecule has 0 aromatic carbocycles. The van der Waals surface area contributed by atoms with Crippen molar-refractivity contribution in [1.29, 1.82) is 0 Å². The van der Waals surface area contributed by atoms with Gasteiger partial charge in [-0.25, -0.2) is 4.79 Å². The van der Waals surface area contributed by atoms with Gasteiger partial charge in [-0.2, -0.15) is 0 Å². The summed E-state index contributed by atoms with van der Waals surface area (Å²) in [5.41, 5.74) is 1.48. The molecule has 3 rings (SSSR count). The molecule has 1 fully saturated rings. The maximum absolute atomic E-state index is 12.3. The molecule has 5 heteroatoms. The van der Waals surface area contributed by atoms with E-state index in [1.807, 2.05) is 32.9 Å². The van der Waals surface area contributed by atoms with Gasteiger partial charge in [0.2, 0.25) is 0 Å². The number of carbonyl (C=O) groups excluding carboxylic acids is 1. The molecule has 0 aliphatic carbocycles. The number of ether oxygens (including phenoxy) is 1. The molecule has 0 radical (unpaired) electrons. The minimum Gasteiger partial charge on any atom is -0.443 e. The highest BCUT2D eigenvalue weighted by molar-refractivity contribution is 7.86. The second-order valence-corrected chi connectivity index (χ2v) is 8.64. The molecule has 3 atom stereocenters. The summed E-state index contributed by atoms with van der Waals surface area (Å²) in [6, 6.07) is 3.79. The smallest absolute Gasteiger partial charge is 0.418 e. The Balaban J connectivity index is 1.88. The van der Waals surface area contributed by atoms with Gasteiger partial charge in [0.15, 0.2) is 0 Å². The number of rotatable bonds is 1. The van der Waals surface area contributed by atoms with Crippen LogP contribution in [0.3, 0.4) is 0 Å². The summed E-state index contributed by atoms with van der Waals surface area (Å²) < 4.78 is 19.1. The second kappa shape index (κ2) is 5.13. The Morgan fingerprint density at radius 3 is 2.81 bits per heavy atom. The van der Waals surface area contributed by atoms with E-state index in [-0.39, 0.29) is 16.6 Å². The van der Waals surface area contributed by atoms with E-state index < -0.39 is 16.4 Å². The molecule has 2 aliphatic heterocycles. The molecular weight excluding hydrogens is 286 g/mol. The first-order valence-corrected chi connectivity index (χ1v) is 8.64. The first-order chi connectivity index (χ1) is 9.85. The Morgan fingerprint density at radius 1 is 1.38 bits per heavy atom. The molecule has 21 heavy (non-hydrogen) atoms. The molecule has 1 aromatic rings. The second-order valence-electron chi connectivity index (χ2n) is 6.71. The summed E-state index contributed by atoms with van der Waals surface area (Å²) in [7, 11) is -0.736. The zero-order valence-corrected chi connectivity index (χ0v) is 13.5. The summed E-state index contributed by atoms with van der Waals surface area (Å²) >= 11 is 0. The monoisotopic (exact) mass is 307 g/mol. The topological polar surface area (TPSA) is 48.3 Å². The van der Waals surface area contributed by atoms with Crippen molar-refractivity contribution < 1.29 is 13.7 Å². The third-order valence-corrected chi connectivity index (χ3v) is 5.93. The maximum atomic E-state index is 12.3. The molecule has 0 N–H and O–H groups in total. The van der Waals surface area contributed by atoms with Crippen LogP contribution in [0.15, 0.2) is 24.4 Å². The van der Waals surface area contributed by atoms with Crippen LogP contribution in [0.25, 0.3) is 5.57 Å². The van der Waals surface area contributed by atoms with Crippen LogP contribution in [-0.2, 0) is 15.5 Å². The highest BCUT2D eigenvalue weighted by atomic mass is 32.2. The molecule has 2 aliphatic rings. The number of hydrogen-bond donors (Lipinski definition) is 0. The zero-order chi connectivity index (χ0) is 15.2. The molecule has 1 aromatic heterocycles. The molecule has 0 amide bonds. The third-order valence-electron chi connectivity index (χ3n) is 3.90. The summed E-state index contributed by atoms with van der Waals surface area (Å²) in [4.78, 5) is 12.3. The van der Waals surface area contributed by atoms with Crippen molar-refractivity contribution in [3.05, 3.63) is 30.1 Å². The predicted molar refractivity (Wildman–Crippen MR) is 83.6 cm³/mol. The first kappa shape index (κ1) is 14.6. The molecule has 0 saturated carbocycles. The van der Waals surface area contributed by atoms with Crippen LogP contribution in [0, 0.1) is 0 Å². The maximum Gasteiger partial charge on any atom is 0.418 e. The van der Waals surface area contributed by atoms with Gasteiger partial charge in [0.05, 0.1) is 10.9 Å². The fourth-order valence-electron chi connectivity index (χ4n) is 3.00.